The molecule has 2 heterocycles. The molecule has 22 heavy (non-hydrogen) atoms. The average molecular weight is 310 g/mol. The monoisotopic (exact) mass is 310 g/mol. The summed E-state index contributed by atoms with van der Waals surface area (Å²) in [5.74, 6) is -2.75. The minimum atomic E-state index is -1.11. The molecule has 2 unspecified atom stereocenters. The fourth-order valence-corrected chi connectivity index (χ4v) is 3.23. The van der Waals surface area contributed by atoms with Gasteiger partial charge in [-0.2, -0.15) is 0 Å². The summed E-state index contributed by atoms with van der Waals surface area (Å²) in [5.41, 5.74) is 6.17. The van der Waals surface area contributed by atoms with E-state index in [0.29, 0.717) is 25.6 Å². The third-order valence-electron chi connectivity index (χ3n) is 4.40. The van der Waals surface area contributed by atoms with Gasteiger partial charge in [0.05, 0.1) is 0 Å². The molecular weight excluding hydrogens is 293 g/mol. The molecule has 7 heteroatoms. The average Bonchev–Trinajstić information content (AvgIpc) is 2.52. The third kappa shape index (κ3) is 2.85. The van der Waals surface area contributed by atoms with E-state index in [4.69, 9.17) is 5.73 Å². The third-order valence-corrected chi connectivity index (χ3v) is 4.40. The van der Waals surface area contributed by atoms with Crippen LogP contribution in [0, 0.1) is 11.8 Å². The van der Waals surface area contributed by atoms with Crippen LogP contribution in [0.5, 0.6) is 0 Å². The van der Waals surface area contributed by atoms with E-state index in [1.807, 2.05) is 4.90 Å². The first-order valence-corrected chi connectivity index (χ1v) is 7.24. The van der Waals surface area contributed by atoms with Crippen molar-refractivity contribution in [3.05, 3.63) is 42.1 Å². The number of nitrogens with zero attached hydrogens (tertiary/aromatic N) is 3. The van der Waals surface area contributed by atoms with Gasteiger partial charge in [0.15, 0.2) is 5.83 Å². The summed E-state index contributed by atoms with van der Waals surface area (Å²) in [6.45, 7) is 1.15. The second kappa shape index (κ2) is 6.08. The Morgan fingerprint density at radius 2 is 2.09 bits per heavy atom. The molecule has 1 aliphatic heterocycles. The minimum absolute atomic E-state index is 0.215. The first-order chi connectivity index (χ1) is 10.6. The topological polar surface area (TPSA) is 55.0 Å². The molecule has 0 amide bonds. The lowest BCUT2D eigenvalue weighted by atomic mass is 9.77. The van der Waals surface area contributed by atoms with Crippen molar-refractivity contribution < 1.29 is 13.2 Å². The van der Waals surface area contributed by atoms with Crippen molar-refractivity contribution >= 4 is 5.82 Å². The van der Waals surface area contributed by atoms with E-state index in [1.54, 1.807) is 12.3 Å². The molecule has 0 aromatic carbocycles. The van der Waals surface area contributed by atoms with Crippen LogP contribution in [0.25, 0.3) is 0 Å². The Hall–Kier alpha value is -1.89. The lowest BCUT2D eigenvalue weighted by Gasteiger charge is -2.40. The van der Waals surface area contributed by atoms with Gasteiger partial charge < -0.3 is 10.6 Å². The van der Waals surface area contributed by atoms with Gasteiger partial charge >= 0.3 is 0 Å². The molecule has 2 N–H and O–H groups in total. The molecule has 3 rings (SSSR count). The van der Waals surface area contributed by atoms with Crippen molar-refractivity contribution in [3.63, 3.8) is 0 Å². The van der Waals surface area contributed by atoms with E-state index < -0.39 is 23.4 Å². The predicted molar refractivity (Wildman–Crippen MR) is 76.9 cm³/mol. The molecule has 1 aromatic rings. The molecule has 0 saturated carbocycles. The van der Waals surface area contributed by atoms with E-state index in [1.165, 1.54) is 6.33 Å². The highest BCUT2D eigenvalue weighted by atomic mass is 19.2. The number of aromatic nitrogens is 2. The molecule has 1 aliphatic carbocycles. The summed E-state index contributed by atoms with van der Waals surface area (Å²) >= 11 is 0. The number of nitrogens with two attached hydrogens (primary N) is 1. The van der Waals surface area contributed by atoms with Crippen molar-refractivity contribution in [2.75, 3.05) is 18.0 Å². The molecule has 0 bridgehead atoms. The Balaban J connectivity index is 1.71. The van der Waals surface area contributed by atoms with Crippen LogP contribution in [-0.4, -0.2) is 29.1 Å². The Morgan fingerprint density at radius 1 is 1.27 bits per heavy atom. The Bertz CT molecular complexity index is 602. The van der Waals surface area contributed by atoms with Gasteiger partial charge in [0.25, 0.3) is 0 Å². The minimum Gasteiger partial charge on any atom is -0.355 e. The standard InChI is InChI=1S/C15H17F3N4/c16-11-6-13(18)12(17)5-10(11)9-2-4-22(7-14(9)19)15-1-3-20-8-21-15/h1,3,6,8-10,14H,2,4-5,7,19H2/t9-,10?,14?/m1/s1. The van der Waals surface area contributed by atoms with Gasteiger partial charge in [-0.15, -0.1) is 0 Å². The number of hydrogen-bond acceptors (Lipinski definition) is 4. The Kier molecular flexibility index (Phi) is 4.15. The highest BCUT2D eigenvalue weighted by Crippen LogP contribution is 2.40. The van der Waals surface area contributed by atoms with E-state index in [0.717, 1.165) is 5.82 Å². The van der Waals surface area contributed by atoms with Crippen molar-refractivity contribution in [1.82, 2.24) is 9.97 Å². The summed E-state index contributed by atoms with van der Waals surface area (Å²) in [7, 11) is 0. The number of hydrogen-bond donors (Lipinski definition) is 1. The van der Waals surface area contributed by atoms with Gasteiger partial charge in [-0.3, -0.25) is 0 Å². The second-order valence-corrected chi connectivity index (χ2v) is 5.72. The normalized spacial score (nSPS) is 29.5. The molecule has 1 saturated heterocycles. The van der Waals surface area contributed by atoms with Gasteiger partial charge in [-0.05, 0) is 18.4 Å². The van der Waals surface area contributed by atoms with Crippen LogP contribution in [0.15, 0.2) is 42.1 Å². The van der Waals surface area contributed by atoms with Crippen LogP contribution in [-0.2, 0) is 0 Å². The second-order valence-electron chi connectivity index (χ2n) is 5.72. The highest BCUT2D eigenvalue weighted by molar-refractivity contribution is 5.38. The quantitative estimate of drug-likeness (QED) is 0.912. The zero-order valence-corrected chi connectivity index (χ0v) is 11.9. The van der Waals surface area contributed by atoms with Crippen LogP contribution in [0.4, 0.5) is 19.0 Å². The fraction of sp³-hybridized carbons (Fsp3) is 0.467. The van der Waals surface area contributed by atoms with Gasteiger partial charge in [0, 0.05) is 43.7 Å². The smallest absolute Gasteiger partial charge is 0.157 e. The molecule has 2 aliphatic rings. The summed E-state index contributed by atoms with van der Waals surface area (Å²) in [6.07, 6.45) is 4.10. The Morgan fingerprint density at radius 3 is 2.77 bits per heavy atom. The van der Waals surface area contributed by atoms with E-state index >= 15 is 0 Å². The summed E-state index contributed by atoms with van der Waals surface area (Å²) < 4.78 is 40.5. The van der Waals surface area contributed by atoms with Crippen molar-refractivity contribution in [3.8, 4) is 0 Å². The Labute approximate surface area is 126 Å². The maximum Gasteiger partial charge on any atom is 0.157 e. The van der Waals surface area contributed by atoms with Crippen LogP contribution in [0.3, 0.4) is 0 Å². The van der Waals surface area contributed by atoms with Crippen LogP contribution < -0.4 is 10.6 Å². The largest absolute Gasteiger partial charge is 0.355 e. The van der Waals surface area contributed by atoms with Gasteiger partial charge in [-0.25, -0.2) is 23.1 Å². The van der Waals surface area contributed by atoms with Gasteiger partial charge in [-0.1, -0.05) is 0 Å². The lowest BCUT2D eigenvalue weighted by molar-refractivity contribution is 0.225. The molecular formula is C15H17F3N4. The van der Waals surface area contributed by atoms with Crippen molar-refractivity contribution in [2.45, 2.75) is 18.9 Å². The molecule has 1 aromatic heterocycles. The number of anilines is 1. The molecule has 4 nitrogen and oxygen atoms in total. The summed E-state index contributed by atoms with van der Waals surface area (Å²) in [4.78, 5) is 10.0. The number of allylic oxidation sites excluding steroid dienone is 4. The van der Waals surface area contributed by atoms with Crippen molar-refractivity contribution in [2.24, 2.45) is 17.6 Å². The summed E-state index contributed by atoms with van der Waals surface area (Å²) in [5, 5.41) is 0. The number of halogens is 3. The molecule has 0 radical (unpaired) electrons. The SMILES string of the molecule is NC1CN(c2ccncn2)CC[C@@H]1C1CC(F)=C(F)C=C1F. The molecule has 1 fully saturated rings. The fourth-order valence-electron chi connectivity index (χ4n) is 3.23. The number of rotatable bonds is 2. The van der Waals surface area contributed by atoms with Crippen LogP contribution >= 0.6 is 0 Å². The summed E-state index contributed by atoms with van der Waals surface area (Å²) in [6, 6.07) is 1.45. The van der Waals surface area contributed by atoms with Gasteiger partial charge in [0.2, 0.25) is 0 Å². The lowest BCUT2D eigenvalue weighted by Crippen LogP contribution is -2.51. The first-order valence-electron chi connectivity index (χ1n) is 7.24. The zero-order chi connectivity index (χ0) is 15.7. The zero-order valence-electron chi connectivity index (χ0n) is 11.9. The molecule has 3 atom stereocenters. The van der Waals surface area contributed by atoms with Crippen LogP contribution in [0.2, 0.25) is 0 Å². The van der Waals surface area contributed by atoms with Crippen molar-refractivity contribution in [1.29, 1.82) is 0 Å². The molecule has 0 spiro atoms. The highest BCUT2D eigenvalue weighted by Gasteiger charge is 2.37. The number of piperidine rings is 1. The van der Waals surface area contributed by atoms with E-state index in [-0.39, 0.29) is 18.4 Å². The molecule has 118 valence electrons. The van der Waals surface area contributed by atoms with Gasteiger partial charge in [0.1, 0.15) is 23.8 Å². The predicted octanol–water partition coefficient (Wildman–Crippen LogP) is 2.65. The van der Waals surface area contributed by atoms with E-state index in [9.17, 15) is 13.2 Å². The van der Waals surface area contributed by atoms with E-state index in [2.05, 4.69) is 9.97 Å². The maximum absolute atomic E-state index is 14.0. The first kappa shape index (κ1) is 15.0. The van der Waals surface area contributed by atoms with Crippen LogP contribution in [0.1, 0.15) is 12.8 Å². The maximum atomic E-state index is 14.0.